The Hall–Kier alpha value is -7.82. The van der Waals surface area contributed by atoms with Gasteiger partial charge in [0.25, 0.3) is 0 Å². The van der Waals surface area contributed by atoms with E-state index >= 15 is 0 Å². The third-order valence-corrected chi connectivity index (χ3v) is 11.9. The second-order valence-electron chi connectivity index (χ2n) is 15.2. The lowest BCUT2D eigenvalue weighted by atomic mass is 9.97. The molecule has 0 unspecified atom stereocenters. The third-order valence-electron chi connectivity index (χ3n) is 11.9. The Labute approximate surface area is 330 Å². The predicted octanol–water partition coefficient (Wildman–Crippen LogP) is 16.0. The van der Waals surface area contributed by atoms with Gasteiger partial charge in [-0.3, -0.25) is 0 Å². The second kappa shape index (κ2) is 11.8. The van der Waals surface area contributed by atoms with Crippen LogP contribution in [0.15, 0.2) is 200 Å². The van der Waals surface area contributed by atoms with E-state index in [-0.39, 0.29) is 0 Å². The third kappa shape index (κ3) is 4.69. The van der Waals surface area contributed by atoms with Gasteiger partial charge in [-0.05, 0) is 129 Å². The van der Waals surface area contributed by atoms with Crippen molar-refractivity contribution in [3.63, 3.8) is 0 Å². The molecule has 13 rings (SSSR count). The summed E-state index contributed by atoms with van der Waals surface area (Å²) >= 11 is 0. The van der Waals surface area contributed by atoms with Crippen molar-refractivity contribution in [3.05, 3.63) is 182 Å². The molecule has 0 amide bonds. The summed E-state index contributed by atoms with van der Waals surface area (Å²) in [5.74, 6) is 0. The van der Waals surface area contributed by atoms with E-state index in [1.807, 2.05) is 24.3 Å². The van der Waals surface area contributed by atoms with E-state index in [1.165, 1.54) is 22.3 Å². The predicted molar refractivity (Wildman–Crippen MR) is 237 cm³/mol. The highest BCUT2D eigenvalue weighted by Crippen LogP contribution is 2.43. The van der Waals surface area contributed by atoms with Crippen molar-refractivity contribution < 1.29 is 17.7 Å². The Balaban J connectivity index is 0.951. The summed E-state index contributed by atoms with van der Waals surface area (Å²) in [5, 5.41) is 8.60. The molecule has 4 aromatic heterocycles. The van der Waals surface area contributed by atoms with Crippen LogP contribution >= 0.6 is 0 Å². The molecule has 0 aliphatic heterocycles. The van der Waals surface area contributed by atoms with Crippen molar-refractivity contribution in [1.82, 2.24) is 0 Å². The molecule has 0 N–H and O–H groups in total. The zero-order chi connectivity index (χ0) is 37.9. The van der Waals surface area contributed by atoms with Crippen LogP contribution in [0.5, 0.6) is 0 Å². The molecule has 0 fully saturated rings. The monoisotopic (exact) mass is 742 g/mol. The van der Waals surface area contributed by atoms with Gasteiger partial charge in [0.05, 0.1) is 0 Å². The van der Waals surface area contributed by atoms with Crippen LogP contribution in [0.25, 0.3) is 132 Å². The van der Waals surface area contributed by atoms with Gasteiger partial charge in [0.1, 0.15) is 44.7 Å². The maximum Gasteiger partial charge on any atom is 0.136 e. The Bertz CT molecular complexity index is 3530. The summed E-state index contributed by atoms with van der Waals surface area (Å²) in [6, 6.07) is 63.8. The van der Waals surface area contributed by atoms with Crippen molar-refractivity contribution in [2.75, 3.05) is 0 Å². The van der Waals surface area contributed by atoms with E-state index in [1.54, 1.807) is 0 Å². The molecule has 0 aliphatic carbocycles. The number of furan rings is 4. The van der Waals surface area contributed by atoms with E-state index in [2.05, 4.69) is 158 Å². The molecule has 58 heavy (non-hydrogen) atoms. The number of fused-ring (bicyclic) bond motifs is 13. The minimum atomic E-state index is 0.831. The summed E-state index contributed by atoms with van der Waals surface area (Å²) in [6.45, 7) is 0. The lowest BCUT2D eigenvalue weighted by Gasteiger charge is -2.04. The molecule has 0 aliphatic rings. The number of rotatable bonds is 4. The van der Waals surface area contributed by atoms with Crippen LogP contribution in [-0.4, -0.2) is 0 Å². The average Bonchev–Trinajstić information content (AvgIpc) is 4.05. The minimum absolute atomic E-state index is 0.831. The molecular formula is C54H30O4. The zero-order valence-electron chi connectivity index (χ0n) is 31.0. The highest BCUT2D eigenvalue weighted by molar-refractivity contribution is 6.26. The van der Waals surface area contributed by atoms with Gasteiger partial charge >= 0.3 is 0 Å². The first-order chi connectivity index (χ1) is 28.7. The molecule has 9 aromatic carbocycles. The average molecular weight is 743 g/mol. The van der Waals surface area contributed by atoms with Gasteiger partial charge in [-0.1, -0.05) is 97.1 Å². The summed E-state index contributed by atoms with van der Waals surface area (Å²) in [5.41, 5.74) is 16.0. The van der Waals surface area contributed by atoms with Gasteiger partial charge in [-0.25, -0.2) is 0 Å². The molecule has 4 nitrogen and oxygen atoms in total. The fourth-order valence-electron chi connectivity index (χ4n) is 9.03. The Morgan fingerprint density at radius 2 is 0.431 bits per heavy atom. The van der Waals surface area contributed by atoms with Crippen molar-refractivity contribution >= 4 is 87.8 Å². The molecule has 0 saturated carbocycles. The van der Waals surface area contributed by atoms with Gasteiger partial charge in [0.2, 0.25) is 0 Å². The zero-order valence-corrected chi connectivity index (χ0v) is 31.0. The van der Waals surface area contributed by atoms with E-state index in [0.717, 1.165) is 110 Å². The van der Waals surface area contributed by atoms with Gasteiger partial charge in [0.15, 0.2) is 0 Å². The smallest absolute Gasteiger partial charge is 0.136 e. The molecule has 0 saturated heterocycles. The molecule has 4 heteroatoms. The SMILES string of the molecule is c1ccc(-c2ccc3oc4ccc(-c5ccc6oc7ccc8oc9ccc(-c%10ccc%11oc%12ccc(-c%13ccccc%13)cc%12c%11c%10)cc9c8c7c6c5)cc4c3c2)cc1. The van der Waals surface area contributed by atoms with Crippen LogP contribution in [0.4, 0.5) is 0 Å². The molecule has 0 radical (unpaired) electrons. The fraction of sp³-hybridized carbons (Fsp3) is 0. The molecule has 4 heterocycles. The van der Waals surface area contributed by atoms with Crippen LogP contribution in [0.2, 0.25) is 0 Å². The largest absolute Gasteiger partial charge is 0.456 e. The number of hydrogen-bond donors (Lipinski definition) is 0. The second-order valence-corrected chi connectivity index (χ2v) is 15.2. The molecule has 13 aromatic rings. The molecule has 0 spiro atoms. The van der Waals surface area contributed by atoms with E-state index in [0.29, 0.717) is 0 Å². The maximum atomic E-state index is 6.51. The Morgan fingerprint density at radius 1 is 0.190 bits per heavy atom. The molecular weight excluding hydrogens is 713 g/mol. The number of benzene rings is 9. The van der Waals surface area contributed by atoms with Crippen LogP contribution < -0.4 is 0 Å². The van der Waals surface area contributed by atoms with Crippen molar-refractivity contribution in [2.45, 2.75) is 0 Å². The highest BCUT2D eigenvalue weighted by atomic mass is 16.3. The summed E-state index contributed by atoms with van der Waals surface area (Å²) in [4.78, 5) is 0. The summed E-state index contributed by atoms with van der Waals surface area (Å²) in [6.07, 6.45) is 0. The van der Waals surface area contributed by atoms with Gasteiger partial charge < -0.3 is 17.7 Å². The quantitative estimate of drug-likeness (QED) is 0.180. The van der Waals surface area contributed by atoms with E-state index in [4.69, 9.17) is 17.7 Å². The highest BCUT2D eigenvalue weighted by Gasteiger charge is 2.19. The maximum absolute atomic E-state index is 6.51. The van der Waals surface area contributed by atoms with Crippen LogP contribution in [0.3, 0.4) is 0 Å². The summed E-state index contributed by atoms with van der Waals surface area (Å²) in [7, 11) is 0. The van der Waals surface area contributed by atoms with Crippen LogP contribution in [0.1, 0.15) is 0 Å². The Morgan fingerprint density at radius 3 is 0.759 bits per heavy atom. The van der Waals surface area contributed by atoms with Crippen LogP contribution in [-0.2, 0) is 0 Å². The summed E-state index contributed by atoms with van der Waals surface area (Å²) < 4.78 is 25.6. The van der Waals surface area contributed by atoms with Gasteiger partial charge in [-0.2, -0.15) is 0 Å². The van der Waals surface area contributed by atoms with E-state index in [9.17, 15) is 0 Å². The lowest BCUT2D eigenvalue weighted by molar-refractivity contribution is 0.663. The fourth-order valence-corrected chi connectivity index (χ4v) is 9.03. The first-order valence-corrected chi connectivity index (χ1v) is 19.5. The van der Waals surface area contributed by atoms with Gasteiger partial charge in [0, 0.05) is 43.1 Å². The Kier molecular flexibility index (Phi) is 6.41. The lowest BCUT2D eigenvalue weighted by Crippen LogP contribution is -1.80. The molecule has 0 atom stereocenters. The van der Waals surface area contributed by atoms with Gasteiger partial charge in [-0.15, -0.1) is 0 Å². The molecule has 0 bridgehead atoms. The van der Waals surface area contributed by atoms with Crippen molar-refractivity contribution in [1.29, 1.82) is 0 Å². The number of hydrogen-bond acceptors (Lipinski definition) is 4. The first-order valence-electron chi connectivity index (χ1n) is 19.5. The normalized spacial score (nSPS) is 12.1. The minimum Gasteiger partial charge on any atom is -0.456 e. The van der Waals surface area contributed by atoms with Crippen molar-refractivity contribution in [3.8, 4) is 44.5 Å². The first kappa shape index (κ1) is 31.4. The standard InChI is InChI=1S/C54H30O4/c1-3-7-31(8-4-1)33-11-17-45-39(25-33)41-27-35(13-19-47(41)55-45)37-15-21-49-43(29-37)53-51(57-49)23-24-52-54(53)44-30-38(16-22-50(44)58-52)36-14-20-48-42(28-36)40-26-34(12-18-46(40)56-48)32-9-5-2-6-10-32/h1-30H. The topological polar surface area (TPSA) is 52.6 Å². The van der Waals surface area contributed by atoms with Crippen molar-refractivity contribution in [2.24, 2.45) is 0 Å². The molecule has 270 valence electrons. The van der Waals surface area contributed by atoms with Crippen LogP contribution in [0, 0.1) is 0 Å². The van der Waals surface area contributed by atoms with E-state index < -0.39 is 0 Å².